The molecule has 0 bridgehead atoms. The number of hydrogen-bond acceptors (Lipinski definition) is 4. The molecule has 0 radical (unpaired) electrons. The van der Waals surface area contributed by atoms with Crippen LogP contribution in [-0.4, -0.2) is 53.9 Å². The third kappa shape index (κ3) is 2.77. The van der Waals surface area contributed by atoms with Gasteiger partial charge in [0.2, 0.25) is 0 Å². The molecular formula is C13H16FN3O3. The lowest BCUT2D eigenvalue weighted by atomic mass is 10.1. The van der Waals surface area contributed by atoms with E-state index in [-0.39, 0.29) is 16.8 Å². The van der Waals surface area contributed by atoms with E-state index in [2.05, 4.69) is 4.90 Å². The van der Waals surface area contributed by atoms with E-state index < -0.39 is 16.6 Å². The number of likely N-dealkylation sites (N-methyl/N-ethyl adjacent to an activating group) is 1. The van der Waals surface area contributed by atoms with Crippen LogP contribution in [0.25, 0.3) is 0 Å². The Labute approximate surface area is 115 Å². The second-order valence-corrected chi connectivity index (χ2v) is 4.98. The molecule has 7 heteroatoms. The molecule has 0 saturated carbocycles. The molecule has 1 aromatic carbocycles. The molecule has 0 aromatic heterocycles. The lowest BCUT2D eigenvalue weighted by Crippen LogP contribution is -2.47. The highest BCUT2D eigenvalue weighted by molar-refractivity contribution is 5.95. The summed E-state index contributed by atoms with van der Waals surface area (Å²) in [6.45, 7) is 3.83. The summed E-state index contributed by atoms with van der Waals surface area (Å²) < 4.78 is 14.0. The smallest absolute Gasteiger partial charge is 0.270 e. The summed E-state index contributed by atoms with van der Waals surface area (Å²) in [5.74, 6) is -1.16. The van der Waals surface area contributed by atoms with Crippen LogP contribution in [0.5, 0.6) is 0 Å². The summed E-state index contributed by atoms with van der Waals surface area (Å²) in [6.07, 6.45) is 0. The standard InChI is InChI=1S/C13H16FN3O3/c1-9-7-10(17(19)20)8-11(12(9)14)13(18)16-5-3-15(2)4-6-16/h7-8H,3-6H2,1-2H3. The minimum absolute atomic E-state index is 0.108. The van der Waals surface area contributed by atoms with Crippen LogP contribution < -0.4 is 0 Å². The summed E-state index contributed by atoms with van der Waals surface area (Å²) in [4.78, 5) is 26.1. The number of non-ortho nitro benzene ring substituents is 1. The van der Waals surface area contributed by atoms with Gasteiger partial charge in [0.1, 0.15) is 5.82 Å². The maximum Gasteiger partial charge on any atom is 0.270 e. The highest BCUT2D eigenvalue weighted by atomic mass is 19.1. The third-order valence-electron chi connectivity index (χ3n) is 3.47. The van der Waals surface area contributed by atoms with Crippen LogP contribution in [0.1, 0.15) is 15.9 Å². The van der Waals surface area contributed by atoms with Gasteiger partial charge in [-0.3, -0.25) is 14.9 Å². The Hall–Kier alpha value is -2.02. The highest BCUT2D eigenvalue weighted by Crippen LogP contribution is 2.22. The van der Waals surface area contributed by atoms with Gasteiger partial charge in [-0.25, -0.2) is 4.39 Å². The predicted molar refractivity (Wildman–Crippen MR) is 71.2 cm³/mol. The Morgan fingerprint density at radius 2 is 1.90 bits per heavy atom. The average molecular weight is 281 g/mol. The molecule has 108 valence electrons. The minimum Gasteiger partial charge on any atom is -0.336 e. The molecule has 20 heavy (non-hydrogen) atoms. The number of halogens is 1. The topological polar surface area (TPSA) is 66.7 Å². The molecule has 0 N–H and O–H groups in total. The number of nitro benzene ring substituents is 1. The average Bonchev–Trinajstić information content (AvgIpc) is 2.41. The van der Waals surface area contributed by atoms with E-state index in [0.29, 0.717) is 26.2 Å². The van der Waals surface area contributed by atoms with Crippen LogP contribution in [0.2, 0.25) is 0 Å². The summed E-state index contributed by atoms with van der Waals surface area (Å²) in [7, 11) is 1.94. The van der Waals surface area contributed by atoms with Crippen molar-refractivity contribution in [2.75, 3.05) is 33.2 Å². The zero-order valence-corrected chi connectivity index (χ0v) is 11.4. The van der Waals surface area contributed by atoms with Crippen LogP contribution >= 0.6 is 0 Å². The monoisotopic (exact) mass is 281 g/mol. The quantitative estimate of drug-likeness (QED) is 0.607. The minimum atomic E-state index is -0.681. The highest BCUT2D eigenvalue weighted by Gasteiger charge is 2.25. The first-order chi connectivity index (χ1) is 9.40. The summed E-state index contributed by atoms with van der Waals surface area (Å²) >= 11 is 0. The number of carbonyl (C=O) groups is 1. The van der Waals surface area contributed by atoms with E-state index in [1.54, 1.807) is 0 Å². The number of nitro groups is 1. The maximum atomic E-state index is 14.0. The van der Waals surface area contributed by atoms with Crippen molar-refractivity contribution in [1.82, 2.24) is 9.80 Å². The molecule has 1 aromatic rings. The number of aryl methyl sites for hydroxylation is 1. The number of nitrogens with zero attached hydrogens (tertiary/aromatic N) is 3. The van der Waals surface area contributed by atoms with Crippen molar-refractivity contribution in [1.29, 1.82) is 0 Å². The zero-order valence-electron chi connectivity index (χ0n) is 11.4. The van der Waals surface area contributed by atoms with Crippen molar-refractivity contribution in [2.45, 2.75) is 6.92 Å². The number of benzene rings is 1. The van der Waals surface area contributed by atoms with E-state index in [1.807, 2.05) is 7.05 Å². The van der Waals surface area contributed by atoms with Crippen molar-refractivity contribution >= 4 is 11.6 Å². The molecular weight excluding hydrogens is 265 g/mol. The second kappa shape index (κ2) is 5.54. The molecule has 6 nitrogen and oxygen atoms in total. The van der Waals surface area contributed by atoms with E-state index in [0.717, 1.165) is 12.1 Å². The van der Waals surface area contributed by atoms with Gasteiger partial charge in [0.05, 0.1) is 10.5 Å². The molecule has 0 spiro atoms. The van der Waals surface area contributed by atoms with Crippen LogP contribution in [0.3, 0.4) is 0 Å². The van der Waals surface area contributed by atoms with Gasteiger partial charge in [0.25, 0.3) is 11.6 Å². The Morgan fingerprint density at radius 3 is 2.45 bits per heavy atom. The number of amides is 1. The van der Waals surface area contributed by atoms with Gasteiger partial charge in [-0.2, -0.15) is 0 Å². The zero-order chi connectivity index (χ0) is 14.9. The Kier molecular flexibility index (Phi) is 3.99. The summed E-state index contributed by atoms with van der Waals surface area (Å²) in [5.41, 5.74) is -0.376. The van der Waals surface area contributed by atoms with Crippen molar-refractivity contribution in [3.63, 3.8) is 0 Å². The van der Waals surface area contributed by atoms with Crippen LogP contribution in [0.4, 0.5) is 10.1 Å². The number of hydrogen-bond donors (Lipinski definition) is 0. The fraction of sp³-hybridized carbons (Fsp3) is 0.462. The lowest BCUT2D eigenvalue weighted by molar-refractivity contribution is -0.385. The van der Waals surface area contributed by atoms with Gasteiger partial charge < -0.3 is 9.80 Å². The molecule has 1 heterocycles. The fourth-order valence-corrected chi connectivity index (χ4v) is 2.19. The van der Waals surface area contributed by atoms with Crippen LogP contribution in [0.15, 0.2) is 12.1 Å². The summed E-state index contributed by atoms with van der Waals surface area (Å²) in [6, 6.07) is 2.15. The van der Waals surface area contributed by atoms with Gasteiger partial charge >= 0.3 is 0 Å². The van der Waals surface area contributed by atoms with Gasteiger partial charge in [0, 0.05) is 38.3 Å². The second-order valence-electron chi connectivity index (χ2n) is 4.98. The first kappa shape index (κ1) is 14.4. The first-order valence-corrected chi connectivity index (χ1v) is 6.32. The van der Waals surface area contributed by atoms with Crippen molar-refractivity contribution < 1.29 is 14.1 Å². The summed E-state index contributed by atoms with van der Waals surface area (Å²) in [5, 5.41) is 10.8. The van der Waals surface area contributed by atoms with Gasteiger partial charge in [-0.1, -0.05) is 0 Å². The number of rotatable bonds is 2. The van der Waals surface area contributed by atoms with Crippen LogP contribution in [0, 0.1) is 22.9 Å². The Morgan fingerprint density at radius 1 is 1.30 bits per heavy atom. The van der Waals surface area contributed by atoms with Crippen molar-refractivity contribution in [2.24, 2.45) is 0 Å². The van der Waals surface area contributed by atoms with E-state index >= 15 is 0 Å². The first-order valence-electron chi connectivity index (χ1n) is 6.32. The van der Waals surface area contributed by atoms with Crippen LogP contribution in [-0.2, 0) is 0 Å². The third-order valence-corrected chi connectivity index (χ3v) is 3.47. The van der Waals surface area contributed by atoms with Gasteiger partial charge in [-0.15, -0.1) is 0 Å². The maximum absolute atomic E-state index is 14.0. The fourth-order valence-electron chi connectivity index (χ4n) is 2.19. The lowest BCUT2D eigenvalue weighted by Gasteiger charge is -2.32. The molecule has 0 unspecified atom stereocenters. The largest absolute Gasteiger partial charge is 0.336 e. The Balaban J connectivity index is 2.31. The van der Waals surface area contributed by atoms with Gasteiger partial charge in [0.15, 0.2) is 0 Å². The SMILES string of the molecule is Cc1cc([N+](=O)[O-])cc(C(=O)N2CCN(C)CC2)c1F. The van der Waals surface area contributed by atoms with E-state index in [1.165, 1.54) is 11.8 Å². The molecule has 0 aliphatic carbocycles. The van der Waals surface area contributed by atoms with Gasteiger partial charge in [-0.05, 0) is 19.5 Å². The molecule has 1 aliphatic heterocycles. The van der Waals surface area contributed by atoms with Crippen molar-refractivity contribution in [3.8, 4) is 0 Å². The number of carbonyl (C=O) groups excluding carboxylic acids is 1. The molecule has 1 amide bonds. The number of piperazine rings is 1. The van der Waals surface area contributed by atoms with Crippen molar-refractivity contribution in [3.05, 3.63) is 39.2 Å². The molecule has 2 rings (SSSR count). The van der Waals surface area contributed by atoms with E-state index in [4.69, 9.17) is 0 Å². The molecule has 1 saturated heterocycles. The molecule has 1 aliphatic rings. The Bertz CT molecular complexity index is 554. The normalized spacial score (nSPS) is 16.2. The molecule has 1 fully saturated rings. The van der Waals surface area contributed by atoms with E-state index in [9.17, 15) is 19.3 Å². The predicted octanol–water partition coefficient (Wildman–Crippen LogP) is 1.43. The molecule has 0 atom stereocenters.